The highest BCUT2D eigenvalue weighted by molar-refractivity contribution is 8.00. The van der Waals surface area contributed by atoms with Gasteiger partial charge in [-0.05, 0) is 19.8 Å². The Labute approximate surface area is 98.4 Å². The topological polar surface area (TPSA) is 44.1 Å². The van der Waals surface area contributed by atoms with E-state index in [1.807, 2.05) is 19.3 Å². The maximum Gasteiger partial charge on any atom is 0.319 e. The number of imidazole rings is 1. The van der Waals surface area contributed by atoms with E-state index in [1.165, 1.54) is 12.8 Å². The van der Waals surface area contributed by atoms with Crippen LogP contribution in [0.5, 0.6) is 0 Å². The van der Waals surface area contributed by atoms with Crippen LogP contribution in [0.2, 0.25) is 0 Å². The summed E-state index contributed by atoms with van der Waals surface area (Å²) in [4.78, 5) is 15.8. The summed E-state index contributed by atoms with van der Waals surface area (Å²) in [5, 5.41) is 0.883. The summed E-state index contributed by atoms with van der Waals surface area (Å²) < 4.78 is 7.32. The summed E-state index contributed by atoms with van der Waals surface area (Å²) in [6.45, 7) is 1.94. The number of carbonyl (C=O) groups excluding carboxylic acids is 1. The van der Waals surface area contributed by atoms with Crippen LogP contribution in [0.4, 0.5) is 0 Å². The number of ether oxygens (including phenoxy) is 1. The molecule has 1 saturated heterocycles. The predicted octanol–water partition coefficient (Wildman–Crippen LogP) is 2.01. The number of cyclic esters (lactones) is 1. The maximum absolute atomic E-state index is 11.5. The molecular weight excluding hydrogens is 224 g/mol. The van der Waals surface area contributed by atoms with Gasteiger partial charge in [-0.2, -0.15) is 0 Å². The van der Waals surface area contributed by atoms with E-state index in [1.54, 1.807) is 11.8 Å². The van der Waals surface area contributed by atoms with Crippen molar-refractivity contribution in [3.05, 3.63) is 12.4 Å². The van der Waals surface area contributed by atoms with Gasteiger partial charge in [0.25, 0.3) is 0 Å². The number of aromatic nitrogens is 2. The van der Waals surface area contributed by atoms with E-state index >= 15 is 0 Å². The number of hydrogen-bond acceptors (Lipinski definition) is 4. The third-order valence-corrected chi connectivity index (χ3v) is 4.14. The van der Waals surface area contributed by atoms with E-state index in [0.717, 1.165) is 11.6 Å². The molecule has 1 aliphatic carbocycles. The minimum Gasteiger partial charge on any atom is -0.462 e. The Hall–Kier alpha value is -0.970. The first-order valence-corrected chi connectivity index (χ1v) is 6.52. The molecular formula is C11H14N2O2S. The molecule has 0 spiro atoms. The first kappa shape index (κ1) is 10.2. The number of thioether (sulfide) groups is 1. The summed E-state index contributed by atoms with van der Waals surface area (Å²) >= 11 is 1.54. The molecule has 4 nitrogen and oxygen atoms in total. The van der Waals surface area contributed by atoms with Gasteiger partial charge in [0.1, 0.15) is 11.4 Å². The molecule has 1 saturated carbocycles. The molecule has 1 aromatic rings. The van der Waals surface area contributed by atoms with Crippen LogP contribution in [0.1, 0.15) is 32.2 Å². The molecule has 86 valence electrons. The standard InChI is InChI=1S/C11H14N2O2S/c1-7-6-9(10(14)15-7)16-11-12-4-5-13(11)8-2-3-8/h4-5,7-9H,2-3,6H2,1H3/t7-,9-/m1/s1. The van der Waals surface area contributed by atoms with E-state index in [0.29, 0.717) is 6.04 Å². The Bertz CT molecular complexity index is 414. The van der Waals surface area contributed by atoms with Gasteiger partial charge in [0, 0.05) is 24.9 Å². The van der Waals surface area contributed by atoms with E-state index in [2.05, 4.69) is 9.55 Å². The molecule has 2 atom stereocenters. The van der Waals surface area contributed by atoms with E-state index in [-0.39, 0.29) is 17.3 Å². The van der Waals surface area contributed by atoms with Crippen molar-refractivity contribution in [3.63, 3.8) is 0 Å². The summed E-state index contributed by atoms with van der Waals surface area (Å²) in [5.74, 6) is -0.0946. The van der Waals surface area contributed by atoms with Gasteiger partial charge < -0.3 is 9.30 Å². The highest BCUT2D eigenvalue weighted by Gasteiger charge is 2.35. The van der Waals surface area contributed by atoms with Gasteiger partial charge in [-0.15, -0.1) is 0 Å². The molecule has 0 unspecified atom stereocenters. The Morgan fingerprint density at radius 3 is 3.00 bits per heavy atom. The van der Waals surface area contributed by atoms with Gasteiger partial charge in [-0.25, -0.2) is 4.98 Å². The largest absolute Gasteiger partial charge is 0.462 e. The van der Waals surface area contributed by atoms with E-state index in [4.69, 9.17) is 4.74 Å². The molecule has 1 aliphatic heterocycles. The molecule has 5 heteroatoms. The zero-order chi connectivity index (χ0) is 11.1. The fourth-order valence-corrected chi connectivity index (χ4v) is 3.19. The van der Waals surface area contributed by atoms with Crippen molar-refractivity contribution in [3.8, 4) is 0 Å². The summed E-state index contributed by atoms with van der Waals surface area (Å²) in [6.07, 6.45) is 7.12. The van der Waals surface area contributed by atoms with Crippen molar-refractivity contribution in [2.75, 3.05) is 0 Å². The van der Waals surface area contributed by atoms with Crippen molar-refractivity contribution in [2.24, 2.45) is 0 Å². The smallest absolute Gasteiger partial charge is 0.319 e. The second-order valence-corrected chi connectivity index (χ2v) is 5.61. The number of rotatable bonds is 3. The van der Waals surface area contributed by atoms with Crippen molar-refractivity contribution in [2.45, 2.75) is 48.7 Å². The molecule has 0 N–H and O–H groups in total. The molecule has 0 amide bonds. The molecule has 0 aromatic carbocycles. The molecule has 16 heavy (non-hydrogen) atoms. The SMILES string of the molecule is C[C@@H]1C[C@@H](Sc2nccn2C2CC2)C(=O)O1. The predicted molar refractivity (Wildman–Crippen MR) is 60.3 cm³/mol. The zero-order valence-electron chi connectivity index (χ0n) is 9.13. The van der Waals surface area contributed by atoms with Gasteiger partial charge in [-0.1, -0.05) is 11.8 Å². The lowest BCUT2D eigenvalue weighted by atomic mass is 10.3. The molecule has 2 fully saturated rings. The van der Waals surface area contributed by atoms with Gasteiger partial charge >= 0.3 is 5.97 Å². The summed E-state index contributed by atoms with van der Waals surface area (Å²) in [5.41, 5.74) is 0. The molecule has 0 radical (unpaired) electrons. The van der Waals surface area contributed by atoms with Gasteiger partial charge in [0.05, 0.1) is 0 Å². The van der Waals surface area contributed by atoms with Crippen LogP contribution in [-0.2, 0) is 9.53 Å². The average Bonchev–Trinajstić information content (AvgIpc) is 2.90. The Kier molecular flexibility index (Phi) is 2.42. The number of carbonyl (C=O) groups is 1. The van der Waals surface area contributed by atoms with Crippen LogP contribution in [0, 0.1) is 0 Å². The lowest BCUT2D eigenvalue weighted by Crippen LogP contribution is -2.11. The van der Waals surface area contributed by atoms with Crippen molar-refractivity contribution >= 4 is 17.7 Å². The highest BCUT2D eigenvalue weighted by atomic mass is 32.2. The lowest BCUT2D eigenvalue weighted by molar-refractivity contribution is -0.140. The van der Waals surface area contributed by atoms with Crippen LogP contribution in [-0.4, -0.2) is 26.9 Å². The monoisotopic (exact) mass is 238 g/mol. The van der Waals surface area contributed by atoms with Crippen LogP contribution in [0.25, 0.3) is 0 Å². The second-order valence-electron chi connectivity index (χ2n) is 4.44. The number of hydrogen-bond donors (Lipinski definition) is 0. The van der Waals surface area contributed by atoms with E-state index in [9.17, 15) is 4.79 Å². The van der Waals surface area contributed by atoms with Crippen molar-refractivity contribution in [1.82, 2.24) is 9.55 Å². The third-order valence-electron chi connectivity index (χ3n) is 2.95. The molecule has 0 bridgehead atoms. The minimum atomic E-state index is -0.0946. The Balaban J connectivity index is 1.73. The van der Waals surface area contributed by atoms with Crippen LogP contribution >= 0.6 is 11.8 Å². The summed E-state index contributed by atoms with van der Waals surface area (Å²) in [6, 6.07) is 0.611. The first-order valence-electron chi connectivity index (χ1n) is 5.64. The van der Waals surface area contributed by atoms with Gasteiger partial charge in [0.2, 0.25) is 0 Å². The number of esters is 1. The second kappa shape index (κ2) is 3.80. The molecule has 3 rings (SSSR count). The van der Waals surface area contributed by atoms with Crippen LogP contribution < -0.4 is 0 Å². The normalized spacial score (nSPS) is 29.4. The average molecular weight is 238 g/mol. The van der Waals surface area contributed by atoms with Crippen LogP contribution in [0.15, 0.2) is 17.6 Å². The molecule has 1 aromatic heterocycles. The first-order chi connectivity index (χ1) is 7.74. The molecule has 2 heterocycles. The van der Waals surface area contributed by atoms with Crippen LogP contribution in [0.3, 0.4) is 0 Å². The van der Waals surface area contributed by atoms with Gasteiger partial charge in [0.15, 0.2) is 5.16 Å². The summed E-state index contributed by atoms with van der Waals surface area (Å²) in [7, 11) is 0. The minimum absolute atomic E-state index is 0.0503. The Morgan fingerprint density at radius 1 is 1.56 bits per heavy atom. The quantitative estimate of drug-likeness (QED) is 0.756. The zero-order valence-corrected chi connectivity index (χ0v) is 9.94. The third kappa shape index (κ3) is 1.84. The highest BCUT2D eigenvalue weighted by Crippen LogP contribution is 2.39. The Morgan fingerprint density at radius 2 is 2.38 bits per heavy atom. The van der Waals surface area contributed by atoms with E-state index < -0.39 is 0 Å². The maximum atomic E-state index is 11.5. The van der Waals surface area contributed by atoms with Crippen molar-refractivity contribution in [1.29, 1.82) is 0 Å². The van der Waals surface area contributed by atoms with Crippen molar-refractivity contribution < 1.29 is 9.53 Å². The fourth-order valence-electron chi connectivity index (χ4n) is 1.96. The fraction of sp³-hybridized carbons (Fsp3) is 0.636. The van der Waals surface area contributed by atoms with Gasteiger partial charge in [-0.3, -0.25) is 4.79 Å². The lowest BCUT2D eigenvalue weighted by Gasteiger charge is -2.07. The molecule has 2 aliphatic rings. The number of nitrogens with zero attached hydrogens (tertiary/aromatic N) is 2.